The van der Waals surface area contributed by atoms with E-state index in [1.807, 2.05) is 0 Å². The van der Waals surface area contributed by atoms with Crippen LogP contribution in [0, 0.1) is 0 Å². The maximum absolute atomic E-state index is 12.1. The Morgan fingerprint density at radius 2 is 1.77 bits per heavy atom. The maximum atomic E-state index is 12.1. The van der Waals surface area contributed by atoms with Crippen LogP contribution < -0.4 is 14.8 Å². The number of benzene rings is 1. The van der Waals surface area contributed by atoms with Crippen molar-refractivity contribution in [3.63, 3.8) is 0 Å². The fraction of sp³-hybridized carbons (Fsp3) is 0.250. The number of aromatic amines is 1. The highest BCUT2D eigenvalue weighted by Crippen LogP contribution is 2.51. The molecule has 0 aliphatic rings. The highest BCUT2D eigenvalue weighted by molar-refractivity contribution is 7.48. The van der Waals surface area contributed by atoms with Crippen LogP contribution in [0.5, 0.6) is 11.5 Å². The summed E-state index contributed by atoms with van der Waals surface area (Å²) in [7, 11) is -0.182. The molecule has 2 aromatic rings. The Labute approximate surface area is 135 Å². The van der Waals surface area contributed by atoms with Crippen molar-refractivity contribution in [3.8, 4) is 11.5 Å². The van der Waals surface area contributed by atoms with E-state index < -0.39 is 13.4 Å². The molecule has 0 bridgehead atoms. The molecule has 1 N–H and O–H groups in total. The molecule has 0 saturated carbocycles. The van der Waals surface area contributed by atoms with E-state index in [2.05, 4.69) is 4.98 Å². The summed E-state index contributed by atoms with van der Waals surface area (Å²) >= 11 is 12.0. The third-order valence-electron chi connectivity index (χ3n) is 2.83. The molecule has 0 spiro atoms. The van der Waals surface area contributed by atoms with Crippen LogP contribution in [0.2, 0.25) is 10.0 Å². The van der Waals surface area contributed by atoms with Crippen molar-refractivity contribution in [1.82, 2.24) is 4.98 Å². The number of fused-ring (bicyclic) bond motifs is 1. The summed E-state index contributed by atoms with van der Waals surface area (Å²) in [5.41, 5.74) is -0.295. The summed E-state index contributed by atoms with van der Waals surface area (Å²) in [4.78, 5) is 14.4. The molecule has 0 radical (unpaired) electrons. The number of phosphoric ester groups is 1. The number of methoxy groups -OCH3 is 1. The fourth-order valence-corrected chi connectivity index (χ4v) is 2.94. The molecule has 2 rings (SSSR count). The Hall–Kier alpha value is -1.24. The molecule has 22 heavy (non-hydrogen) atoms. The summed E-state index contributed by atoms with van der Waals surface area (Å²) < 4.78 is 31.8. The second kappa shape index (κ2) is 6.48. The summed E-state index contributed by atoms with van der Waals surface area (Å²) in [6, 6.07) is 2.95. The van der Waals surface area contributed by atoms with Gasteiger partial charge in [0.25, 0.3) is 5.56 Å². The molecule has 1 aromatic heterocycles. The average molecular weight is 368 g/mol. The van der Waals surface area contributed by atoms with Gasteiger partial charge in [0.05, 0.1) is 17.6 Å². The van der Waals surface area contributed by atoms with Gasteiger partial charge in [-0.05, 0) is 6.07 Å². The predicted molar refractivity (Wildman–Crippen MR) is 83.4 cm³/mol. The number of ether oxygens (including phenoxy) is 1. The van der Waals surface area contributed by atoms with Crippen LogP contribution in [0.3, 0.4) is 0 Å². The van der Waals surface area contributed by atoms with Gasteiger partial charge in [0.2, 0.25) is 0 Å². The van der Waals surface area contributed by atoms with Gasteiger partial charge >= 0.3 is 7.82 Å². The van der Waals surface area contributed by atoms with E-state index in [1.165, 1.54) is 19.2 Å². The number of phosphoric acid groups is 1. The van der Waals surface area contributed by atoms with Gasteiger partial charge in [0.1, 0.15) is 10.8 Å². The van der Waals surface area contributed by atoms with Gasteiger partial charge in [-0.2, -0.15) is 0 Å². The van der Waals surface area contributed by atoms with Crippen molar-refractivity contribution in [2.24, 2.45) is 0 Å². The van der Waals surface area contributed by atoms with Crippen LogP contribution in [-0.2, 0) is 13.6 Å². The van der Waals surface area contributed by atoms with E-state index in [0.717, 1.165) is 14.2 Å². The number of hydrogen-bond donors (Lipinski definition) is 1. The SMILES string of the molecule is COc1cc2[nH]c(=O)c(Cl)c(OP(=O)(OC)OC)c2cc1Cl. The van der Waals surface area contributed by atoms with Crippen LogP contribution in [0.1, 0.15) is 0 Å². The first kappa shape index (κ1) is 17.1. The average Bonchev–Trinajstić information content (AvgIpc) is 2.52. The van der Waals surface area contributed by atoms with Crippen molar-refractivity contribution in [1.29, 1.82) is 0 Å². The van der Waals surface area contributed by atoms with Crippen molar-refractivity contribution in [3.05, 3.63) is 32.5 Å². The van der Waals surface area contributed by atoms with Crippen molar-refractivity contribution >= 4 is 41.9 Å². The minimum Gasteiger partial charge on any atom is -0.495 e. The first-order valence-electron chi connectivity index (χ1n) is 5.85. The van der Waals surface area contributed by atoms with Crippen LogP contribution in [-0.4, -0.2) is 26.3 Å². The van der Waals surface area contributed by atoms with Crippen molar-refractivity contribution in [2.75, 3.05) is 21.3 Å². The zero-order valence-electron chi connectivity index (χ0n) is 11.8. The second-order valence-electron chi connectivity index (χ2n) is 4.03. The first-order chi connectivity index (χ1) is 10.3. The molecule has 0 amide bonds. The van der Waals surface area contributed by atoms with Gasteiger partial charge < -0.3 is 14.2 Å². The lowest BCUT2D eigenvalue weighted by Gasteiger charge is -2.17. The molecule has 120 valence electrons. The predicted octanol–water partition coefficient (Wildman–Crippen LogP) is 3.62. The molecule has 1 heterocycles. The van der Waals surface area contributed by atoms with Crippen LogP contribution in [0.15, 0.2) is 16.9 Å². The largest absolute Gasteiger partial charge is 0.529 e. The topological polar surface area (TPSA) is 86.9 Å². The summed E-state index contributed by atoms with van der Waals surface area (Å²) in [5, 5.41) is 0.278. The zero-order chi connectivity index (χ0) is 16.5. The molecular weight excluding hydrogens is 356 g/mol. The molecule has 7 nitrogen and oxygen atoms in total. The molecule has 0 saturated heterocycles. The third-order valence-corrected chi connectivity index (χ3v) is 4.77. The Morgan fingerprint density at radius 3 is 2.32 bits per heavy atom. The quantitative estimate of drug-likeness (QED) is 0.812. The molecule has 1 aromatic carbocycles. The van der Waals surface area contributed by atoms with Gasteiger partial charge in [-0.3, -0.25) is 13.8 Å². The van der Waals surface area contributed by atoms with E-state index in [0.29, 0.717) is 16.7 Å². The summed E-state index contributed by atoms with van der Waals surface area (Å²) in [6.07, 6.45) is 0. The van der Waals surface area contributed by atoms with Crippen LogP contribution in [0.25, 0.3) is 10.9 Å². The third kappa shape index (κ3) is 3.09. The van der Waals surface area contributed by atoms with Gasteiger partial charge in [0, 0.05) is 25.7 Å². The minimum atomic E-state index is -3.90. The smallest absolute Gasteiger partial charge is 0.495 e. The monoisotopic (exact) mass is 367 g/mol. The number of pyridine rings is 1. The Morgan fingerprint density at radius 1 is 1.14 bits per heavy atom. The molecule has 0 aliphatic heterocycles. The molecule has 0 unspecified atom stereocenters. The van der Waals surface area contributed by atoms with E-state index in [9.17, 15) is 9.36 Å². The highest BCUT2D eigenvalue weighted by Gasteiger charge is 2.28. The van der Waals surface area contributed by atoms with Crippen molar-refractivity contribution in [2.45, 2.75) is 0 Å². The number of hydrogen-bond acceptors (Lipinski definition) is 6. The lowest BCUT2D eigenvalue weighted by atomic mass is 10.2. The first-order valence-corrected chi connectivity index (χ1v) is 8.07. The van der Waals surface area contributed by atoms with E-state index in [-0.39, 0.29) is 15.8 Å². The van der Waals surface area contributed by atoms with Crippen LogP contribution >= 0.6 is 31.0 Å². The lowest BCUT2D eigenvalue weighted by Crippen LogP contribution is -2.09. The highest BCUT2D eigenvalue weighted by atomic mass is 35.5. The van der Waals surface area contributed by atoms with Crippen LogP contribution in [0.4, 0.5) is 0 Å². The van der Waals surface area contributed by atoms with Gasteiger partial charge in [-0.1, -0.05) is 23.2 Å². The standard InChI is InChI=1S/C12H12Cl2NO6P/c1-18-9-5-8-6(4-7(9)13)11(10(14)12(16)15-8)21-22(17,19-2)20-3/h4-5H,1-3H3,(H,15,16). The number of aromatic nitrogens is 1. The minimum absolute atomic E-state index is 0.156. The molecule has 0 atom stereocenters. The molecule has 0 aliphatic carbocycles. The molecule has 0 fully saturated rings. The maximum Gasteiger partial charge on any atom is 0.529 e. The fourth-order valence-electron chi connectivity index (χ4n) is 1.75. The Kier molecular flexibility index (Phi) is 5.04. The number of halogens is 2. The summed E-state index contributed by atoms with van der Waals surface area (Å²) in [6.45, 7) is 0. The van der Waals surface area contributed by atoms with E-state index in [4.69, 9.17) is 41.5 Å². The van der Waals surface area contributed by atoms with Gasteiger partial charge in [0.15, 0.2) is 5.75 Å². The summed E-state index contributed by atoms with van der Waals surface area (Å²) in [5.74, 6) is 0.191. The normalized spacial score (nSPS) is 11.7. The number of H-pyrrole nitrogens is 1. The van der Waals surface area contributed by atoms with Gasteiger partial charge in [-0.25, -0.2) is 4.57 Å². The second-order valence-corrected chi connectivity index (χ2v) is 6.63. The molecular formula is C12H12Cl2NO6P. The Bertz CT molecular complexity index is 813. The van der Waals surface area contributed by atoms with Crippen molar-refractivity contribution < 1.29 is 22.9 Å². The van der Waals surface area contributed by atoms with Gasteiger partial charge in [-0.15, -0.1) is 0 Å². The molecule has 10 heteroatoms. The van der Waals surface area contributed by atoms with E-state index >= 15 is 0 Å². The Balaban J connectivity index is 2.76. The number of rotatable bonds is 5. The lowest BCUT2D eigenvalue weighted by molar-refractivity contribution is 0.212. The zero-order valence-corrected chi connectivity index (χ0v) is 14.2. The van der Waals surface area contributed by atoms with E-state index in [1.54, 1.807) is 0 Å². The number of nitrogens with one attached hydrogen (secondary N) is 1.